The molecule has 2 heterocycles. The number of amides is 3. The summed E-state index contributed by atoms with van der Waals surface area (Å²) in [6.07, 6.45) is 0.958. The Morgan fingerprint density at radius 1 is 1.09 bits per heavy atom. The number of hydrogen-bond acceptors (Lipinski definition) is 4. The van der Waals surface area contributed by atoms with Gasteiger partial charge >= 0.3 is 0 Å². The molecule has 2 aliphatic heterocycles. The number of benzene rings is 1. The Balaban J connectivity index is 1.60. The van der Waals surface area contributed by atoms with Crippen LogP contribution in [0.15, 0.2) is 24.3 Å². The molecular weight excluding hydrogens is 284 g/mol. The number of aliphatic hydroxyl groups excluding tert-OH is 1. The first-order valence-electron chi connectivity index (χ1n) is 7.49. The third kappa shape index (κ3) is 2.62. The molecule has 0 aromatic heterocycles. The van der Waals surface area contributed by atoms with Crippen molar-refractivity contribution in [3.8, 4) is 0 Å². The lowest BCUT2D eigenvalue weighted by atomic mass is 10.1. The van der Waals surface area contributed by atoms with Gasteiger partial charge in [-0.2, -0.15) is 0 Å². The summed E-state index contributed by atoms with van der Waals surface area (Å²) in [5.41, 5.74) is 0.807. The van der Waals surface area contributed by atoms with Crippen LogP contribution in [0.4, 0.5) is 0 Å². The molecule has 0 bridgehead atoms. The molecule has 1 fully saturated rings. The van der Waals surface area contributed by atoms with Crippen LogP contribution in [-0.2, 0) is 4.79 Å². The molecule has 1 saturated heterocycles. The Labute approximate surface area is 128 Å². The van der Waals surface area contributed by atoms with Crippen LogP contribution < -0.4 is 0 Å². The zero-order chi connectivity index (χ0) is 15.7. The minimum absolute atomic E-state index is 0.0801. The molecule has 0 aliphatic carbocycles. The predicted octanol–water partition coefficient (Wildman–Crippen LogP) is 0.656. The van der Waals surface area contributed by atoms with E-state index in [-0.39, 0.29) is 36.8 Å². The molecule has 3 amide bonds. The van der Waals surface area contributed by atoms with E-state index in [2.05, 4.69) is 0 Å². The third-order valence-corrected chi connectivity index (χ3v) is 4.24. The Morgan fingerprint density at radius 2 is 1.64 bits per heavy atom. The van der Waals surface area contributed by atoms with E-state index < -0.39 is 0 Å². The molecule has 0 spiro atoms. The molecule has 0 radical (unpaired) electrons. The lowest BCUT2D eigenvalue weighted by molar-refractivity contribution is -0.133. The highest BCUT2D eigenvalue weighted by molar-refractivity contribution is 6.21. The van der Waals surface area contributed by atoms with Crippen LogP contribution in [0, 0.1) is 0 Å². The molecule has 0 atom stereocenters. The van der Waals surface area contributed by atoms with Gasteiger partial charge in [-0.1, -0.05) is 12.1 Å². The number of hydrogen-bond donors (Lipinski definition) is 1. The molecule has 2 aliphatic rings. The van der Waals surface area contributed by atoms with Crippen LogP contribution in [0.25, 0.3) is 0 Å². The second-order valence-electron chi connectivity index (χ2n) is 5.67. The van der Waals surface area contributed by atoms with Crippen molar-refractivity contribution >= 4 is 17.7 Å². The summed E-state index contributed by atoms with van der Waals surface area (Å²) in [5.74, 6) is -0.742. The smallest absolute Gasteiger partial charge is 0.261 e. The zero-order valence-electron chi connectivity index (χ0n) is 12.2. The van der Waals surface area contributed by atoms with Gasteiger partial charge in [0.1, 0.15) is 0 Å². The van der Waals surface area contributed by atoms with Gasteiger partial charge in [0, 0.05) is 26.1 Å². The number of carbonyl (C=O) groups is 3. The Kier molecular flexibility index (Phi) is 3.94. The molecule has 1 aromatic carbocycles. The van der Waals surface area contributed by atoms with Crippen molar-refractivity contribution in [2.75, 3.05) is 19.6 Å². The SMILES string of the molecule is O=C(CCN1C(=O)c2ccccc2C1=O)N1CCC(O)CC1. The van der Waals surface area contributed by atoms with Gasteiger partial charge in [-0.3, -0.25) is 19.3 Å². The minimum Gasteiger partial charge on any atom is -0.393 e. The first kappa shape index (κ1) is 14.7. The Hall–Kier alpha value is -2.21. The van der Waals surface area contributed by atoms with Gasteiger partial charge in [0.2, 0.25) is 5.91 Å². The molecule has 116 valence electrons. The maximum atomic E-state index is 12.2. The van der Waals surface area contributed by atoms with Crippen LogP contribution >= 0.6 is 0 Å². The summed E-state index contributed by atoms with van der Waals surface area (Å²) < 4.78 is 0. The maximum Gasteiger partial charge on any atom is 0.261 e. The van der Waals surface area contributed by atoms with E-state index in [0.29, 0.717) is 37.1 Å². The molecular formula is C16H18N2O4. The van der Waals surface area contributed by atoms with E-state index in [1.165, 1.54) is 0 Å². The van der Waals surface area contributed by atoms with Crippen molar-refractivity contribution < 1.29 is 19.5 Å². The number of imide groups is 1. The maximum absolute atomic E-state index is 12.2. The van der Waals surface area contributed by atoms with E-state index >= 15 is 0 Å². The minimum atomic E-state index is -0.333. The zero-order valence-corrected chi connectivity index (χ0v) is 12.2. The standard InChI is InChI=1S/C16H18N2O4/c19-11-5-8-17(9-6-11)14(20)7-10-18-15(21)12-3-1-2-4-13(12)16(18)22/h1-4,11,19H,5-10H2. The third-order valence-electron chi connectivity index (χ3n) is 4.24. The molecule has 1 aromatic rings. The van der Waals surface area contributed by atoms with E-state index in [0.717, 1.165) is 4.90 Å². The monoisotopic (exact) mass is 302 g/mol. The number of piperidine rings is 1. The van der Waals surface area contributed by atoms with Gasteiger partial charge in [0.05, 0.1) is 17.2 Å². The van der Waals surface area contributed by atoms with Gasteiger partial charge < -0.3 is 10.0 Å². The van der Waals surface area contributed by atoms with Gasteiger partial charge in [0.25, 0.3) is 11.8 Å². The fourth-order valence-electron chi connectivity index (χ4n) is 2.92. The first-order valence-corrected chi connectivity index (χ1v) is 7.49. The summed E-state index contributed by atoms with van der Waals surface area (Å²) in [6, 6.07) is 6.70. The lowest BCUT2D eigenvalue weighted by Crippen LogP contribution is -2.42. The second-order valence-corrected chi connectivity index (χ2v) is 5.67. The Bertz CT molecular complexity index is 585. The molecule has 6 nitrogen and oxygen atoms in total. The number of fused-ring (bicyclic) bond motifs is 1. The Morgan fingerprint density at radius 3 is 2.18 bits per heavy atom. The first-order chi connectivity index (χ1) is 10.6. The molecule has 0 saturated carbocycles. The second kappa shape index (κ2) is 5.88. The highest BCUT2D eigenvalue weighted by Crippen LogP contribution is 2.22. The predicted molar refractivity (Wildman–Crippen MR) is 78.2 cm³/mol. The van der Waals surface area contributed by atoms with Crippen molar-refractivity contribution in [3.63, 3.8) is 0 Å². The molecule has 0 unspecified atom stereocenters. The van der Waals surface area contributed by atoms with Crippen molar-refractivity contribution in [1.29, 1.82) is 0 Å². The summed E-state index contributed by atoms with van der Waals surface area (Å²) in [7, 11) is 0. The number of rotatable bonds is 3. The van der Waals surface area contributed by atoms with Crippen molar-refractivity contribution in [3.05, 3.63) is 35.4 Å². The summed E-state index contributed by atoms with van der Waals surface area (Å²) in [4.78, 5) is 39.3. The molecule has 22 heavy (non-hydrogen) atoms. The number of aliphatic hydroxyl groups is 1. The highest BCUT2D eigenvalue weighted by atomic mass is 16.3. The van der Waals surface area contributed by atoms with E-state index in [4.69, 9.17) is 0 Å². The molecule has 6 heteroatoms. The van der Waals surface area contributed by atoms with E-state index in [1.54, 1.807) is 29.2 Å². The fourth-order valence-corrected chi connectivity index (χ4v) is 2.92. The van der Waals surface area contributed by atoms with Crippen molar-refractivity contribution in [2.24, 2.45) is 0 Å². The lowest BCUT2D eigenvalue weighted by Gasteiger charge is -2.30. The van der Waals surface area contributed by atoms with Crippen LogP contribution in [-0.4, -0.2) is 58.4 Å². The number of nitrogens with zero attached hydrogens (tertiary/aromatic N) is 2. The summed E-state index contributed by atoms with van der Waals surface area (Å²) in [5, 5.41) is 9.45. The van der Waals surface area contributed by atoms with E-state index in [9.17, 15) is 19.5 Å². The molecule has 3 rings (SSSR count). The van der Waals surface area contributed by atoms with Crippen LogP contribution in [0.3, 0.4) is 0 Å². The van der Waals surface area contributed by atoms with E-state index in [1.807, 2.05) is 0 Å². The van der Waals surface area contributed by atoms with Gasteiger partial charge in [-0.05, 0) is 25.0 Å². The van der Waals surface area contributed by atoms with Gasteiger partial charge in [-0.15, -0.1) is 0 Å². The topological polar surface area (TPSA) is 77.9 Å². The van der Waals surface area contributed by atoms with Gasteiger partial charge in [0.15, 0.2) is 0 Å². The summed E-state index contributed by atoms with van der Waals surface area (Å²) >= 11 is 0. The van der Waals surface area contributed by atoms with Crippen LogP contribution in [0.5, 0.6) is 0 Å². The number of carbonyl (C=O) groups excluding carboxylic acids is 3. The van der Waals surface area contributed by atoms with Gasteiger partial charge in [-0.25, -0.2) is 0 Å². The highest BCUT2D eigenvalue weighted by Gasteiger charge is 2.35. The average molecular weight is 302 g/mol. The van der Waals surface area contributed by atoms with Crippen LogP contribution in [0.1, 0.15) is 40.0 Å². The molecule has 1 N–H and O–H groups in total. The van der Waals surface area contributed by atoms with Crippen molar-refractivity contribution in [1.82, 2.24) is 9.80 Å². The fraction of sp³-hybridized carbons (Fsp3) is 0.438. The average Bonchev–Trinajstić information content (AvgIpc) is 2.78. The normalized spacial score (nSPS) is 18.8. The number of likely N-dealkylation sites (tertiary alicyclic amines) is 1. The summed E-state index contributed by atoms with van der Waals surface area (Å²) in [6.45, 7) is 1.16. The van der Waals surface area contributed by atoms with Crippen molar-refractivity contribution in [2.45, 2.75) is 25.4 Å². The van der Waals surface area contributed by atoms with Crippen LogP contribution in [0.2, 0.25) is 0 Å². The quantitative estimate of drug-likeness (QED) is 0.832. The largest absolute Gasteiger partial charge is 0.393 e.